The summed E-state index contributed by atoms with van der Waals surface area (Å²) < 4.78 is 28.2. The fourth-order valence-corrected chi connectivity index (χ4v) is 9.85. The third-order valence-electron chi connectivity index (χ3n) is 10.7. The zero-order valence-corrected chi connectivity index (χ0v) is 31.3. The fourth-order valence-electron chi connectivity index (χ4n) is 7.35. The molecule has 11 nitrogen and oxygen atoms in total. The van der Waals surface area contributed by atoms with Crippen molar-refractivity contribution in [3.63, 3.8) is 0 Å². The van der Waals surface area contributed by atoms with Gasteiger partial charge in [-0.1, -0.05) is 26.0 Å². The van der Waals surface area contributed by atoms with E-state index >= 15 is 0 Å². The van der Waals surface area contributed by atoms with Crippen LogP contribution in [0, 0.1) is 17.8 Å². The van der Waals surface area contributed by atoms with E-state index in [1.54, 1.807) is 19.1 Å². The van der Waals surface area contributed by atoms with Gasteiger partial charge in [0.1, 0.15) is 33.8 Å². The minimum Gasteiger partial charge on any atom is -0.497 e. The summed E-state index contributed by atoms with van der Waals surface area (Å²) in [5.74, 6) is 2.81. The number of fused-ring (bicyclic) bond motifs is 3. The van der Waals surface area contributed by atoms with E-state index in [1.165, 1.54) is 11.3 Å². The van der Waals surface area contributed by atoms with Gasteiger partial charge in [0, 0.05) is 47.7 Å². The van der Waals surface area contributed by atoms with Crippen LogP contribution in [0.3, 0.4) is 0 Å². The fraction of sp³-hybridized carbons (Fsp3) is 0.526. The summed E-state index contributed by atoms with van der Waals surface area (Å²) in [6.45, 7) is 4.79. The zero-order chi connectivity index (χ0) is 36.1. The number of benzene rings is 1. The number of aromatic nitrogens is 2. The van der Waals surface area contributed by atoms with Gasteiger partial charge in [-0.05, 0) is 75.3 Å². The van der Waals surface area contributed by atoms with Crippen molar-refractivity contribution in [2.45, 2.75) is 88.0 Å². The first-order valence-electron chi connectivity index (χ1n) is 17.9. The van der Waals surface area contributed by atoms with Crippen molar-refractivity contribution in [2.24, 2.45) is 17.8 Å². The Morgan fingerprint density at radius 1 is 1.16 bits per heavy atom. The summed E-state index contributed by atoms with van der Waals surface area (Å²) in [6.07, 6.45) is 8.63. The number of pyridine rings is 1. The van der Waals surface area contributed by atoms with Crippen LogP contribution < -0.4 is 19.5 Å². The number of ether oxygens (including phenoxy) is 2. The average Bonchev–Trinajstić information content (AvgIpc) is 3.98. The van der Waals surface area contributed by atoms with E-state index in [9.17, 15) is 18.6 Å². The van der Waals surface area contributed by atoms with Gasteiger partial charge < -0.3 is 19.7 Å². The molecule has 3 saturated carbocycles. The molecule has 1 aromatic carbocycles. The number of amides is 3. The minimum absolute atomic E-state index is 0.108. The van der Waals surface area contributed by atoms with Crippen LogP contribution in [0.1, 0.15) is 76.8 Å². The normalized spacial score (nSPS) is 28.6. The number of thiazole rings is 1. The molecule has 0 bridgehead atoms. The summed E-state index contributed by atoms with van der Waals surface area (Å²) in [4.78, 5) is 53.5. The highest BCUT2D eigenvalue weighted by Gasteiger charge is 2.61. The van der Waals surface area contributed by atoms with Gasteiger partial charge in [-0.3, -0.25) is 19.1 Å². The second-order valence-corrected chi connectivity index (χ2v) is 18.0. The molecule has 4 aliphatic rings. The molecule has 272 valence electrons. The van der Waals surface area contributed by atoms with Crippen LogP contribution >= 0.6 is 11.3 Å². The molecule has 0 saturated heterocycles. The molecular weight excluding hydrogens is 687 g/mol. The third-order valence-corrected chi connectivity index (χ3v) is 13.7. The smallest absolute Gasteiger partial charge is 0.257 e. The van der Waals surface area contributed by atoms with Crippen LogP contribution in [-0.2, 0) is 24.1 Å². The van der Waals surface area contributed by atoms with Crippen molar-refractivity contribution in [1.29, 1.82) is 0 Å². The number of nitrogens with one attached hydrogen (secondary N) is 2. The Bertz CT molecular complexity index is 1990. The predicted molar refractivity (Wildman–Crippen MR) is 200 cm³/mol. The van der Waals surface area contributed by atoms with Crippen molar-refractivity contribution < 1.29 is 28.1 Å². The minimum atomic E-state index is -2.82. The van der Waals surface area contributed by atoms with Gasteiger partial charge in [0.05, 0.1) is 39.9 Å². The quantitative estimate of drug-likeness (QED) is 0.237. The van der Waals surface area contributed by atoms with Crippen molar-refractivity contribution >= 4 is 55.5 Å². The van der Waals surface area contributed by atoms with Gasteiger partial charge in [0.15, 0.2) is 0 Å². The first-order valence-corrected chi connectivity index (χ1v) is 20.6. The standard InChI is InChI=1S/C38H47N5O6S2/c1-22(2)32-21-50-35(40-32)31-19-33(27-14-11-24(48-4)18-30(27)39-31)49-25-16-28-29(17-25)36(45)43(3)15-9-7-6-8-10-23-20-38(23,41-34(28)44)37(46)42-51(5,47)26-12-13-26/h8,10-11,14,18-19,21-23,25-26,28-29H,5-7,9,12-13,15-17,20H2,1-4H3,(H,41,44)(H,42,46,47)/b10-8-/t23-,25+,28+,29+,38+,51?/m0/s1. The molecule has 0 spiro atoms. The van der Waals surface area contributed by atoms with Crippen LogP contribution in [0.4, 0.5) is 0 Å². The van der Waals surface area contributed by atoms with E-state index in [0.29, 0.717) is 42.1 Å². The second-order valence-electron chi connectivity index (χ2n) is 14.9. The molecule has 51 heavy (non-hydrogen) atoms. The van der Waals surface area contributed by atoms with Gasteiger partial charge in [-0.2, -0.15) is 0 Å². The molecular formula is C38H47N5O6S2. The number of nitrogens with zero attached hydrogens (tertiary/aromatic N) is 3. The summed E-state index contributed by atoms with van der Waals surface area (Å²) in [5, 5.41) is 6.52. The number of hydrogen-bond donors (Lipinski definition) is 2. The summed E-state index contributed by atoms with van der Waals surface area (Å²) >= 11 is 1.52. The molecule has 0 radical (unpaired) electrons. The van der Waals surface area contributed by atoms with Crippen molar-refractivity contribution in [1.82, 2.24) is 24.9 Å². The lowest BCUT2D eigenvalue weighted by Crippen LogP contribution is -2.54. The van der Waals surface area contributed by atoms with Crippen LogP contribution in [0.25, 0.3) is 21.6 Å². The molecule has 6 atom stereocenters. The Hall–Kier alpha value is -3.97. The predicted octanol–water partition coefficient (Wildman–Crippen LogP) is 5.25. The van der Waals surface area contributed by atoms with Crippen LogP contribution in [0.2, 0.25) is 0 Å². The maximum atomic E-state index is 14.3. The maximum Gasteiger partial charge on any atom is 0.257 e. The highest BCUT2D eigenvalue weighted by atomic mass is 32.2. The largest absolute Gasteiger partial charge is 0.497 e. The van der Waals surface area contributed by atoms with E-state index in [2.05, 4.69) is 29.8 Å². The summed E-state index contributed by atoms with van der Waals surface area (Å²) in [7, 11) is 0.575. The van der Waals surface area contributed by atoms with Gasteiger partial charge in [0.2, 0.25) is 11.8 Å². The highest BCUT2D eigenvalue weighted by Crippen LogP contribution is 2.47. The SMILES string of the molecule is C=S(=O)(NC(=O)[C@@]12C[C@@H]1/C=C\CCCCN(C)C(=O)[C@@H]1C[C@H](Oc3cc(-c4nc(C(C)C)cs4)nc4cc(OC)ccc34)C[C@H]1C(=O)N2)C1CC1. The number of rotatable bonds is 8. The Morgan fingerprint density at radius 2 is 1.94 bits per heavy atom. The van der Waals surface area contributed by atoms with Crippen LogP contribution in [-0.4, -0.2) is 80.3 Å². The molecule has 2 aromatic heterocycles. The number of hydrogen-bond acceptors (Lipinski definition) is 9. The Labute approximate surface area is 303 Å². The first-order chi connectivity index (χ1) is 24.4. The summed E-state index contributed by atoms with van der Waals surface area (Å²) in [5.41, 5.74) is 1.10. The van der Waals surface area contributed by atoms with Gasteiger partial charge in [-0.25, -0.2) is 14.2 Å². The topological polar surface area (TPSA) is 140 Å². The van der Waals surface area contributed by atoms with Crippen LogP contribution in [0.15, 0.2) is 41.8 Å². The van der Waals surface area contributed by atoms with Crippen molar-refractivity contribution in [2.75, 3.05) is 20.7 Å². The van der Waals surface area contributed by atoms with E-state index in [-0.39, 0.29) is 35.3 Å². The molecule has 3 aromatic rings. The molecule has 3 heterocycles. The zero-order valence-electron chi connectivity index (χ0n) is 29.7. The Morgan fingerprint density at radius 3 is 2.67 bits per heavy atom. The van der Waals surface area contributed by atoms with Gasteiger partial charge in [-0.15, -0.1) is 11.3 Å². The third kappa shape index (κ3) is 7.24. The lowest BCUT2D eigenvalue weighted by Gasteiger charge is -2.27. The molecule has 1 aliphatic heterocycles. The number of carbonyl (C=O) groups excluding carboxylic acids is 3. The highest BCUT2D eigenvalue weighted by molar-refractivity contribution is 7.99. The molecule has 7 rings (SSSR count). The molecule has 13 heteroatoms. The van der Waals surface area contributed by atoms with E-state index in [4.69, 9.17) is 19.4 Å². The molecule has 3 aliphatic carbocycles. The monoisotopic (exact) mass is 733 g/mol. The molecule has 2 N–H and O–H groups in total. The van der Waals surface area contributed by atoms with Gasteiger partial charge in [0.25, 0.3) is 5.91 Å². The summed E-state index contributed by atoms with van der Waals surface area (Å²) in [6, 6.07) is 7.51. The van der Waals surface area contributed by atoms with Crippen molar-refractivity contribution in [3.05, 3.63) is 47.5 Å². The molecule has 3 amide bonds. The van der Waals surface area contributed by atoms with E-state index < -0.39 is 39.1 Å². The average molecular weight is 734 g/mol. The van der Waals surface area contributed by atoms with Crippen molar-refractivity contribution in [3.8, 4) is 22.2 Å². The maximum absolute atomic E-state index is 14.3. The second kappa shape index (κ2) is 13.9. The lowest BCUT2D eigenvalue weighted by molar-refractivity contribution is -0.140. The number of methoxy groups -OCH3 is 1. The molecule has 1 unspecified atom stereocenters. The lowest BCUT2D eigenvalue weighted by atomic mass is 9.93. The van der Waals surface area contributed by atoms with E-state index in [0.717, 1.165) is 48.2 Å². The van der Waals surface area contributed by atoms with Gasteiger partial charge >= 0.3 is 0 Å². The number of allylic oxidation sites excluding steroid dienone is 1. The first kappa shape index (κ1) is 35.4. The Balaban J connectivity index is 1.19. The molecule has 3 fully saturated rings. The Kier molecular flexibility index (Phi) is 9.64. The van der Waals surface area contributed by atoms with E-state index in [1.807, 2.05) is 41.8 Å². The number of carbonyl (C=O) groups is 3. The van der Waals surface area contributed by atoms with Crippen LogP contribution in [0.5, 0.6) is 11.5 Å².